The van der Waals surface area contributed by atoms with Crippen molar-refractivity contribution in [1.29, 1.82) is 0 Å². The van der Waals surface area contributed by atoms with Crippen molar-refractivity contribution in [3.63, 3.8) is 0 Å². The first-order valence-electron chi connectivity index (χ1n) is 11.6. The number of nitrogens with one attached hydrogen (secondary N) is 2. The zero-order valence-corrected chi connectivity index (χ0v) is 22.0. The Hall–Kier alpha value is -3.68. The number of carbonyl (C=O) groups excluding carboxylic acids is 1. The van der Waals surface area contributed by atoms with Gasteiger partial charge in [-0.2, -0.15) is 0 Å². The molecule has 1 aromatic heterocycles. The van der Waals surface area contributed by atoms with Crippen molar-refractivity contribution in [2.75, 3.05) is 30.1 Å². The van der Waals surface area contributed by atoms with Crippen LogP contribution in [0.4, 0.5) is 39.1 Å². The number of thioether (sulfide) groups is 1. The van der Waals surface area contributed by atoms with Gasteiger partial charge < -0.3 is 20.1 Å². The van der Waals surface area contributed by atoms with E-state index in [4.69, 9.17) is 21.1 Å². The number of anilines is 3. The molecule has 1 atom stereocenters. The van der Waals surface area contributed by atoms with Gasteiger partial charge in [0.15, 0.2) is 23.3 Å². The van der Waals surface area contributed by atoms with Gasteiger partial charge in [-0.3, -0.25) is 4.79 Å². The maximum absolute atomic E-state index is 14.7. The first kappa shape index (κ1) is 27.9. The van der Waals surface area contributed by atoms with Crippen molar-refractivity contribution in [3.8, 4) is 5.75 Å². The minimum atomic E-state index is -2.11. The number of aromatic nitrogens is 2. The third-order valence-corrected chi connectivity index (χ3v) is 7.09. The molecule has 0 saturated carbocycles. The summed E-state index contributed by atoms with van der Waals surface area (Å²) in [6.45, 7) is 0.722. The molecule has 14 heteroatoms. The van der Waals surface area contributed by atoms with Crippen LogP contribution >= 0.6 is 23.4 Å². The summed E-state index contributed by atoms with van der Waals surface area (Å²) >= 11 is 6.42. The fourth-order valence-electron chi connectivity index (χ4n) is 4.07. The van der Waals surface area contributed by atoms with E-state index in [1.165, 1.54) is 36.8 Å². The summed E-state index contributed by atoms with van der Waals surface area (Å²) in [6, 6.07) is 6.84. The Bertz CT molecular complexity index is 1640. The predicted octanol–water partition coefficient (Wildman–Crippen LogP) is 6.86. The van der Waals surface area contributed by atoms with E-state index in [0.29, 0.717) is 41.4 Å². The number of fused-ring (bicyclic) bond motifs is 1. The molecule has 0 aliphatic carbocycles. The molecule has 0 radical (unpaired) electrons. The van der Waals surface area contributed by atoms with Crippen molar-refractivity contribution in [1.82, 2.24) is 9.97 Å². The van der Waals surface area contributed by atoms with Gasteiger partial charge in [0.05, 0.1) is 39.9 Å². The second kappa shape index (κ2) is 11.4. The van der Waals surface area contributed by atoms with E-state index in [1.54, 1.807) is 0 Å². The number of carbonyl (C=O) groups is 1. The number of amides is 1. The van der Waals surface area contributed by atoms with Crippen LogP contribution in [0.5, 0.6) is 5.75 Å². The quantitative estimate of drug-likeness (QED) is 0.104. The Morgan fingerprint density at radius 1 is 1.07 bits per heavy atom. The molecule has 0 unspecified atom stereocenters. The summed E-state index contributed by atoms with van der Waals surface area (Å²) in [5.41, 5.74) is -0.268. The Morgan fingerprint density at radius 3 is 2.55 bits per heavy atom. The molecule has 1 aliphatic rings. The van der Waals surface area contributed by atoms with Crippen molar-refractivity contribution in [2.45, 2.75) is 17.4 Å². The minimum Gasteiger partial charge on any atom is -0.486 e. The van der Waals surface area contributed by atoms with E-state index in [1.807, 2.05) is 0 Å². The summed E-state index contributed by atoms with van der Waals surface area (Å²) in [7, 11) is 0. The molecule has 1 saturated heterocycles. The largest absolute Gasteiger partial charge is 0.486 e. The Labute approximate surface area is 233 Å². The Morgan fingerprint density at radius 2 is 1.85 bits per heavy atom. The third-order valence-electron chi connectivity index (χ3n) is 6.00. The lowest BCUT2D eigenvalue weighted by atomic mass is 10.1. The van der Waals surface area contributed by atoms with Crippen LogP contribution in [-0.4, -0.2) is 41.4 Å². The number of hydrogen-bond donors (Lipinski definition) is 2. The fraction of sp³-hybridized carbons (Fsp3) is 0.192. The molecule has 1 aliphatic heterocycles. The second-order valence-electron chi connectivity index (χ2n) is 8.56. The van der Waals surface area contributed by atoms with Crippen LogP contribution in [0.15, 0.2) is 41.6 Å². The van der Waals surface area contributed by atoms with Gasteiger partial charge in [-0.1, -0.05) is 11.6 Å². The second-order valence-corrected chi connectivity index (χ2v) is 9.79. The number of rotatable bonds is 7. The van der Waals surface area contributed by atoms with Crippen LogP contribution in [-0.2, 0) is 4.74 Å². The van der Waals surface area contributed by atoms with E-state index < -0.39 is 45.5 Å². The molecule has 40 heavy (non-hydrogen) atoms. The molecular formula is C26H18ClF5N4O3S. The van der Waals surface area contributed by atoms with E-state index in [0.717, 1.165) is 6.07 Å². The van der Waals surface area contributed by atoms with Gasteiger partial charge in [0.25, 0.3) is 5.91 Å². The van der Waals surface area contributed by atoms with Crippen molar-refractivity contribution < 1.29 is 36.2 Å². The number of halogens is 6. The average Bonchev–Trinajstić information content (AvgIpc) is 3.45. The van der Waals surface area contributed by atoms with E-state index in [9.17, 15) is 26.7 Å². The van der Waals surface area contributed by atoms with Crippen LogP contribution in [0.3, 0.4) is 0 Å². The number of ether oxygens (including phenoxy) is 2. The lowest BCUT2D eigenvalue weighted by Gasteiger charge is -2.19. The topological polar surface area (TPSA) is 85.4 Å². The molecule has 2 heterocycles. The molecule has 3 aromatic carbocycles. The lowest BCUT2D eigenvalue weighted by molar-refractivity contribution is 0.101. The van der Waals surface area contributed by atoms with Crippen LogP contribution in [0.2, 0.25) is 5.02 Å². The van der Waals surface area contributed by atoms with Crippen LogP contribution in [0, 0.1) is 29.1 Å². The van der Waals surface area contributed by atoms with Crippen molar-refractivity contribution in [3.05, 3.63) is 76.3 Å². The highest BCUT2D eigenvalue weighted by molar-refractivity contribution is 7.98. The first-order valence-corrected chi connectivity index (χ1v) is 13.2. The third kappa shape index (κ3) is 5.36. The monoisotopic (exact) mass is 596 g/mol. The van der Waals surface area contributed by atoms with Crippen molar-refractivity contribution >= 4 is 57.4 Å². The zero-order chi connectivity index (χ0) is 28.6. The maximum atomic E-state index is 14.7. The molecule has 2 N–H and O–H groups in total. The highest BCUT2D eigenvalue weighted by Crippen LogP contribution is 2.37. The average molecular weight is 597 g/mol. The summed E-state index contributed by atoms with van der Waals surface area (Å²) in [5.74, 6) is -9.19. The SMILES string of the molecule is CSc1c(F)c(F)c(F)c(F)c1C(=O)Nc1cc2c(Nc3ccc(F)c(Cl)c3)ncnc2cc1O[C@H]1CCOC1. The van der Waals surface area contributed by atoms with E-state index in [-0.39, 0.29) is 35.0 Å². The summed E-state index contributed by atoms with van der Waals surface area (Å²) in [6.07, 6.45) is 2.72. The first-order chi connectivity index (χ1) is 19.2. The van der Waals surface area contributed by atoms with Gasteiger partial charge in [-0.05, 0) is 30.5 Å². The highest BCUT2D eigenvalue weighted by Gasteiger charge is 2.30. The van der Waals surface area contributed by atoms with Gasteiger partial charge in [-0.15, -0.1) is 11.8 Å². The minimum absolute atomic E-state index is 0.0176. The van der Waals surface area contributed by atoms with Gasteiger partial charge in [0.2, 0.25) is 0 Å². The lowest BCUT2D eigenvalue weighted by Crippen LogP contribution is -2.21. The molecule has 208 valence electrons. The van der Waals surface area contributed by atoms with Crippen LogP contribution in [0.1, 0.15) is 16.8 Å². The molecule has 0 spiro atoms. The van der Waals surface area contributed by atoms with Gasteiger partial charge in [0.1, 0.15) is 29.8 Å². The van der Waals surface area contributed by atoms with Crippen LogP contribution < -0.4 is 15.4 Å². The normalized spacial score (nSPS) is 14.9. The van der Waals surface area contributed by atoms with Crippen molar-refractivity contribution in [2.24, 2.45) is 0 Å². The molecular weight excluding hydrogens is 579 g/mol. The number of benzene rings is 3. The van der Waals surface area contributed by atoms with E-state index in [2.05, 4.69) is 20.6 Å². The highest BCUT2D eigenvalue weighted by atomic mass is 35.5. The van der Waals surface area contributed by atoms with Gasteiger partial charge in [-0.25, -0.2) is 31.9 Å². The summed E-state index contributed by atoms with van der Waals surface area (Å²) in [5, 5.41) is 5.62. The van der Waals surface area contributed by atoms with Gasteiger partial charge >= 0.3 is 0 Å². The summed E-state index contributed by atoms with van der Waals surface area (Å²) in [4.78, 5) is 20.9. The summed E-state index contributed by atoms with van der Waals surface area (Å²) < 4.78 is 82.0. The number of nitrogens with zero attached hydrogens (tertiary/aromatic N) is 2. The zero-order valence-electron chi connectivity index (χ0n) is 20.5. The molecule has 4 aromatic rings. The Kier molecular flexibility index (Phi) is 7.97. The molecule has 7 nitrogen and oxygen atoms in total. The van der Waals surface area contributed by atoms with E-state index >= 15 is 0 Å². The fourth-order valence-corrected chi connectivity index (χ4v) is 4.90. The predicted molar refractivity (Wildman–Crippen MR) is 140 cm³/mol. The van der Waals surface area contributed by atoms with Crippen LogP contribution in [0.25, 0.3) is 10.9 Å². The number of hydrogen-bond acceptors (Lipinski definition) is 7. The maximum Gasteiger partial charge on any atom is 0.260 e. The molecule has 0 bridgehead atoms. The standard InChI is InChI=1S/C26H18ClF5N4O3S/c1-40-24-19(20(29)21(30)22(31)23(24)32)26(37)36-17-7-13-16(8-18(17)39-12-4-5-38-9-12)33-10-34-25(13)35-11-2-3-15(28)14(27)6-11/h2-3,6-8,10,12H,4-5,9H2,1H3,(H,36,37)(H,33,34,35)/t12-/m0/s1. The smallest absolute Gasteiger partial charge is 0.260 e. The Balaban J connectivity index is 1.59. The molecule has 1 fully saturated rings. The van der Waals surface area contributed by atoms with Gasteiger partial charge in [0, 0.05) is 23.6 Å². The molecule has 5 rings (SSSR count). The molecule has 1 amide bonds.